The fraction of sp³-hybridized carbons (Fsp3) is 0.154. The lowest BCUT2D eigenvalue weighted by molar-refractivity contribution is 0.252. The topological polar surface area (TPSA) is 41.1 Å². The summed E-state index contributed by atoms with van der Waals surface area (Å²) in [6, 6.07) is 13.3. The Morgan fingerprint density at radius 3 is 2.59 bits per heavy atom. The Morgan fingerprint density at radius 1 is 1.18 bits per heavy atom. The molecule has 2 N–H and O–H groups in total. The minimum Gasteiger partial charge on any atom is -0.333 e. The number of benzene rings is 1. The first-order valence-corrected chi connectivity index (χ1v) is 6.21. The SMILES string of the molecule is Cc1ccc(CNC(=O)Nc2ccccc2)s1. The van der Waals surface area contributed by atoms with Crippen LogP contribution in [0.3, 0.4) is 0 Å². The smallest absolute Gasteiger partial charge is 0.319 e. The summed E-state index contributed by atoms with van der Waals surface area (Å²) in [5.74, 6) is 0. The number of rotatable bonds is 3. The Bertz CT molecular complexity index is 493. The molecule has 0 bridgehead atoms. The summed E-state index contributed by atoms with van der Waals surface area (Å²) in [6.07, 6.45) is 0. The van der Waals surface area contributed by atoms with Crippen molar-refractivity contribution in [1.29, 1.82) is 0 Å². The molecule has 0 saturated carbocycles. The van der Waals surface area contributed by atoms with E-state index in [0.717, 1.165) is 10.6 Å². The molecule has 0 spiro atoms. The summed E-state index contributed by atoms with van der Waals surface area (Å²) < 4.78 is 0. The fourth-order valence-corrected chi connectivity index (χ4v) is 2.27. The minimum absolute atomic E-state index is 0.178. The Labute approximate surface area is 104 Å². The minimum atomic E-state index is -0.178. The zero-order valence-corrected chi connectivity index (χ0v) is 10.4. The molecule has 2 aromatic rings. The van der Waals surface area contributed by atoms with Gasteiger partial charge in [-0.25, -0.2) is 4.79 Å². The summed E-state index contributed by atoms with van der Waals surface area (Å²) in [6.45, 7) is 2.62. The highest BCUT2D eigenvalue weighted by Gasteiger charge is 2.02. The zero-order chi connectivity index (χ0) is 12.1. The molecule has 2 amide bonds. The number of amides is 2. The number of hydrogen-bond donors (Lipinski definition) is 2. The normalized spacial score (nSPS) is 9.94. The van der Waals surface area contributed by atoms with Crippen LogP contribution in [0.2, 0.25) is 0 Å². The first kappa shape index (κ1) is 11.7. The van der Waals surface area contributed by atoms with Gasteiger partial charge in [0.1, 0.15) is 0 Å². The van der Waals surface area contributed by atoms with Crippen LogP contribution in [0.5, 0.6) is 0 Å². The van der Waals surface area contributed by atoms with E-state index in [2.05, 4.69) is 23.6 Å². The summed E-state index contributed by atoms with van der Waals surface area (Å²) in [5, 5.41) is 5.59. The molecule has 17 heavy (non-hydrogen) atoms. The van der Waals surface area contributed by atoms with Gasteiger partial charge in [0.05, 0.1) is 6.54 Å². The third-order valence-corrected chi connectivity index (χ3v) is 3.25. The average Bonchev–Trinajstić information content (AvgIpc) is 2.74. The molecule has 1 aromatic carbocycles. The molecular formula is C13H14N2OS. The Kier molecular flexibility index (Phi) is 3.77. The standard InChI is InChI=1S/C13H14N2OS/c1-10-7-8-12(17-10)9-14-13(16)15-11-5-3-2-4-6-11/h2-8H,9H2,1H3,(H2,14,15,16). The second-order valence-electron chi connectivity index (χ2n) is 3.69. The molecule has 3 nitrogen and oxygen atoms in total. The Balaban J connectivity index is 1.82. The molecule has 0 radical (unpaired) electrons. The van der Waals surface area contributed by atoms with Crippen LogP contribution in [0, 0.1) is 6.92 Å². The molecule has 0 aliphatic carbocycles. The van der Waals surface area contributed by atoms with Crippen molar-refractivity contribution in [2.45, 2.75) is 13.5 Å². The molecule has 1 heterocycles. The summed E-state index contributed by atoms with van der Waals surface area (Å²) in [7, 11) is 0. The van der Waals surface area contributed by atoms with Crippen molar-refractivity contribution in [3.63, 3.8) is 0 Å². The van der Waals surface area contributed by atoms with Gasteiger partial charge in [0, 0.05) is 15.4 Å². The van der Waals surface area contributed by atoms with Crippen LogP contribution in [0.15, 0.2) is 42.5 Å². The quantitative estimate of drug-likeness (QED) is 0.856. The lowest BCUT2D eigenvalue weighted by Gasteiger charge is -2.06. The van der Waals surface area contributed by atoms with Crippen LogP contribution in [0.4, 0.5) is 10.5 Å². The van der Waals surface area contributed by atoms with Gasteiger partial charge in [0.2, 0.25) is 0 Å². The molecular weight excluding hydrogens is 232 g/mol. The lowest BCUT2D eigenvalue weighted by atomic mass is 10.3. The van der Waals surface area contributed by atoms with Gasteiger partial charge in [0.25, 0.3) is 0 Å². The number of urea groups is 1. The van der Waals surface area contributed by atoms with Gasteiger partial charge in [-0.2, -0.15) is 0 Å². The van der Waals surface area contributed by atoms with Crippen molar-refractivity contribution in [3.05, 3.63) is 52.2 Å². The molecule has 0 unspecified atom stereocenters. The maximum Gasteiger partial charge on any atom is 0.319 e. The van der Waals surface area contributed by atoms with E-state index in [0.29, 0.717) is 6.54 Å². The van der Waals surface area contributed by atoms with Crippen molar-refractivity contribution in [2.75, 3.05) is 5.32 Å². The number of hydrogen-bond acceptors (Lipinski definition) is 2. The van der Waals surface area contributed by atoms with E-state index in [-0.39, 0.29) is 6.03 Å². The fourth-order valence-electron chi connectivity index (χ4n) is 1.44. The van der Waals surface area contributed by atoms with Crippen LogP contribution in [0.25, 0.3) is 0 Å². The van der Waals surface area contributed by atoms with E-state index in [4.69, 9.17) is 0 Å². The monoisotopic (exact) mass is 246 g/mol. The van der Waals surface area contributed by atoms with Crippen molar-refractivity contribution in [2.24, 2.45) is 0 Å². The maximum atomic E-state index is 11.6. The third-order valence-electron chi connectivity index (χ3n) is 2.25. The summed E-state index contributed by atoms with van der Waals surface area (Å²) >= 11 is 1.69. The first-order valence-electron chi connectivity index (χ1n) is 5.39. The largest absolute Gasteiger partial charge is 0.333 e. The zero-order valence-electron chi connectivity index (χ0n) is 9.57. The van der Waals surface area contributed by atoms with E-state index < -0.39 is 0 Å². The third kappa shape index (κ3) is 3.60. The highest BCUT2D eigenvalue weighted by Crippen LogP contribution is 2.14. The molecule has 1 aromatic heterocycles. The molecule has 2 rings (SSSR count). The molecule has 4 heteroatoms. The average molecular weight is 246 g/mol. The second-order valence-corrected chi connectivity index (χ2v) is 5.06. The van der Waals surface area contributed by atoms with Gasteiger partial charge in [-0.05, 0) is 31.2 Å². The lowest BCUT2D eigenvalue weighted by Crippen LogP contribution is -2.27. The Hall–Kier alpha value is -1.81. The van der Waals surface area contributed by atoms with Crippen LogP contribution >= 0.6 is 11.3 Å². The predicted octanol–water partition coefficient (Wildman–Crippen LogP) is 3.38. The number of para-hydroxylation sites is 1. The van der Waals surface area contributed by atoms with Crippen molar-refractivity contribution >= 4 is 23.1 Å². The van der Waals surface area contributed by atoms with Crippen molar-refractivity contribution in [1.82, 2.24) is 5.32 Å². The maximum absolute atomic E-state index is 11.6. The van der Waals surface area contributed by atoms with Crippen LogP contribution in [-0.4, -0.2) is 6.03 Å². The van der Waals surface area contributed by atoms with Crippen LogP contribution < -0.4 is 10.6 Å². The van der Waals surface area contributed by atoms with Crippen LogP contribution in [-0.2, 0) is 6.54 Å². The molecule has 0 saturated heterocycles. The van der Waals surface area contributed by atoms with E-state index in [1.165, 1.54) is 4.88 Å². The predicted molar refractivity (Wildman–Crippen MR) is 71.4 cm³/mol. The second kappa shape index (κ2) is 5.50. The summed E-state index contributed by atoms with van der Waals surface area (Å²) in [4.78, 5) is 14.0. The van der Waals surface area contributed by atoms with Crippen molar-refractivity contribution in [3.8, 4) is 0 Å². The van der Waals surface area contributed by atoms with E-state index in [1.54, 1.807) is 11.3 Å². The van der Waals surface area contributed by atoms with Crippen LogP contribution in [0.1, 0.15) is 9.75 Å². The number of nitrogens with one attached hydrogen (secondary N) is 2. The molecule has 0 aliphatic heterocycles. The van der Waals surface area contributed by atoms with Gasteiger partial charge in [-0.15, -0.1) is 11.3 Å². The molecule has 0 fully saturated rings. The van der Waals surface area contributed by atoms with Gasteiger partial charge in [-0.3, -0.25) is 0 Å². The molecule has 0 atom stereocenters. The van der Waals surface area contributed by atoms with E-state index in [9.17, 15) is 4.79 Å². The van der Waals surface area contributed by atoms with E-state index >= 15 is 0 Å². The van der Waals surface area contributed by atoms with Crippen molar-refractivity contribution < 1.29 is 4.79 Å². The Morgan fingerprint density at radius 2 is 1.94 bits per heavy atom. The number of carbonyl (C=O) groups excluding carboxylic acids is 1. The number of carbonyl (C=O) groups is 1. The number of thiophene rings is 1. The summed E-state index contributed by atoms with van der Waals surface area (Å²) in [5.41, 5.74) is 0.798. The first-order chi connectivity index (χ1) is 8.24. The molecule has 88 valence electrons. The van der Waals surface area contributed by atoms with Gasteiger partial charge >= 0.3 is 6.03 Å². The van der Waals surface area contributed by atoms with Gasteiger partial charge < -0.3 is 10.6 Å². The van der Waals surface area contributed by atoms with Gasteiger partial charge in [-0.1, -0.05) is 18.2 Å². The van der Waals surface area contributed by atoms with E-state index in [1.807, 2.05) is 36.4 Å². The highest BCUT2D eigenvalue weighted by molar-refractivity contribution is 7.11. The van der Waals surface area contributed by atoms with Gasteiger partial charge in [0.15, 0.2) is 0 Å². The molecule has 0 aliphatic rings. The highest BCUT2D eigenvalue weighted by atomic mass is 32.1. The number of anilines is 1. The number of aryl methyl sites for hydroxylation is 1.